The van der Waals surface area contributed by atoms with Crippen molar-refractivity contribution in [2.75, 3.05) is 24.8 Å². The molecule has 0 spiro atoms. The van der Waals surface area contributed by atoms with Gasteiger partial charge in [0.15, 0.2) is 0 Å². The SMILES string of the molecule is CNC(=O)Nc1ccc(NC(=O)/C=C/c2ccc(C(=O)OC)cc2)cc1. The van der Waals surface area contributed by atoms with E-state index in [0.29, 0.717) is 16.9 Å². The lowest BCUT2D eigenvalue weighted by atomic mass is 10.1. The third-order valence-electron chi connectivity index (χ3n) is 3.40. The molecule has 0 unspecified atom stereocenters. The fourth-order valence-corrected chi connectivity index (χ4v) is 2.03. The van der Waals surface area contributed by atoms with Crippen molar-refractivity contribution in [2.24, 2.45) is 0 Å². The summed E-state index contributed by atoms with van der Waals surface area (Å²) >= 11 is 0. The van der Waals surface area contributed by atoms with E-state index in [4.69, 9.17) is 0 Å². The highest BCUT2D eigenvalue weighted by Crippen LogP contribution is 2.14. The van der Waals surface area contributed by atoms with Crippen LogP contribution in [0, 0.1) is 0 Å². The van der Waals surface area contributed by atoms with Crippen LogP contribution in [0.5, 0.6) is 0 Å². The smallest absolute Gasteiger partial charge is 0.337 e. The fourth-order valence-electron chi connectivity index (χ4n) is 2.03. The number of rotatable bonds is 5. The van der Waals surface area contributed by atoms with Gasteiger partial charge in [-0.25, -0.2) is 9.59 Å². The Hall–Kier alpha value is -3.61. The number of carbonyl (C=O) groups excluding carboxylic acids is 3. The minimum Gasteiger partial charge on any atom is -0.465 e. The fraction of sp³-hybridized carbons (Fsp3) is 0.105. The molecule has 2 aromatic rings. The van der Waals surface area contributed by atoms with Gasteiger partial charge in [-0.2, -0.15) is 0 Å². The van der Waals surface area contributed by atoms with Crippen molar-refractivity contribution in [1.29, 1.82) is 0 Å². The molecule has 0 aliphatic rings. The molecule has 7 heteroatoms. The Labute approximate surface area is 151 Å². The van der Waals surface area contributed by atoms with Crippen LogP contribution >= 0.6 is 0 Å². The Balaban J connectivity index is 1.92. The average Bonchev–Trinajstić information content (AvgIpc) is 2.67. The Morgan fingerprint density at radius 2 is 1.46 bits per heavy atom. The topological polar surface area (TPSA) is 96.5 Å². The lowest BCUT2D eigenvalue weighted by Crippen LogP contribution is -2.24. The molecule has 7 nitrogen and oxygen atoms in total. The van der Waals surface area contributed by atoms with Crippen LogP contribution in [-0.2, 0) is 9.53 Å². The van der Waals surface area contributed by atoms with Gasteiger partial charge in [0.1, 0.15) is 0 Å². The number of amides is 3. The first kappa shape index (κ1) is 18.7. The van der Waals surface area contributed by atoms with Crippen LogP contribution in [0.4, 0.5) is 16.2 Å². The molecular weight excluding hydrogens is 334 g/mol. The predicted molar refractivity (Wildman–Crippen MR) is 100.0 cm³/mol. The highest BCUT2D eigenvalue weighted by Gasteiger charge is 2.04. The van der Waals surface area contributed by atoms with E-state index >= 15 is 0 Å². The second-order valence-corrected chi connectivity index (χ2v) is 5.22. The summed E-state index contributed by atoms with van der Waals surface area (Å²) in [6, 6.07) is 13.1. The number of anilines is 2. The van der Waals surface area contributed by atoms with Gasteiger partial charge < -0.3 is 20.7 Å². The van der Waals surface area contributed by atoms with Crippen molar-refractivity contribution in [1.82, 2.24) is 5.32 Å². The monoisotopic (exact) mass is 353 g/mol. The lowest BCUT2D eigenvalue weighted by molar-refractivity contribution is -0.111. The van der Waals surface area contributed by atoms with Crippen molar-refractivity contribution in [3.8, 4) is 0 Å². The Bertz CT molecular complexity index is 812. The molecule has 134 valence electrons. The van der Waals surface area contributed by atoms with E-state index in [1.807, 2.05) is 0 Å². The van der Waals surface area contributed by atoms with E-state index < -0.39 is 5.97 Å². The number of benzene rings is 2. The van der Waals surface area contributed by atoms with Crippen LogP contribution in [0.25, 0.3) is 6.08 Å². The summed E-state index contributed by atoms with van der Waals surface area (Å²) in [5, 5.41) is 7.79. The Morgan fingerprint density at radius 3 is 2.00 bits per heavy atom. The van der Waals surface area contributed by atoms with Crippen molar-refractivity contribution in [3.63, 3.8) is 0 Å². The molecule has 0 saturated heterocycles. The molecule has 0 fully saturated rings. The largest absolute Gasteiger partial charge is 0.465 e. The quantitative estimate of drug-likeness (QED) is 0.569. The summed E-state index contributed by atoms with van der Waals surface area (Å²) < 4.78 is 4.63. The van der Waals surface area contributed by atoms with Crippen molar-refractivity contribution in [3.05, 3.63) is 65.7 Å². The second-order valence-electron chi connectivity index (χ2n) is 5.22. The Morgan fingerprint density at radius 1 is 0.885 bits per heavy atom. The van der Waals surface area contributed by atoms with Crippen LogP contribution in [0.15, 0.2) is 54.6 Å². The zero-order valence-corrected chi connectivity index (χ0v) is 14.4. The van der Waals surface area contributed by atoms with E-state index in [1.165, 1.54) is 20.2 Å². The summed E-state index contributed by atoms with van der Waals surface area (Å²) in [6.45, 7) is 0. The van der Waals surface area contributed by atoms with Gasteiger partial charge in [-0.05, 0) is 48.0 Å². The maximum Gasteiger partial charge on any atom is 0.337 e. The molecule has 2 rings (SSSR count). The number of hydrogen-bond acceptors (Lipinski definition) is 4. The van der Waals surface area contributed by atoms with Crippen molar-refractivity contribution >= 4 is 35.4 Å². The first-order chi connectivity index (χ1) is 12.5. The van der Waals surface area contributed by atoms with Gasteiger partial charge in [0.2, 0.25) is 5.91 Å². The molecular formula is C19H19N3O4. The van der Waals surface area contributed by atoms with Gasteiger partial charge in [0.05, 0.1) is 12.7 Å². The number of ether oxygens (including phenoxy) is 1. The molecule has 0 saturated carbocycles. The van der Waals surface area contributed by atoms with Crippen LogP contribution in [0.2, 0.25) is 0 Å². The third kappa shape index (κ3) is 5.48. The summed E-state index contributed by atoms with van der Waals surface area (Å²) in [5.41, 5.74) is 2.43. The molecule has 3 amide bonds. The number of nitrogens with one attached hydrogen (secondary N) is 3. The van der Waals surface area contributed by atoms with E-state index in [0.717, 1.165) is 5.56 Å². The first-order valence-electron chi connectivity index (χ1n) is 7.78. The highest BCUT2D eigenvalue weighted by molar-refractivity contribution is 6.02. The van der Waals surface area contributed by atoms with Gasteiger partial charge in [0, 0.05) is 24.5 Å². The zero-order chi connectivity index (χ0) is 18.9. The molecule has 0 aliphatic heterocycles. The maximum absolute atomic E-state index is 12.0. The number of urea groups is 1. The van der Waals surface area contributed by atoms with Crippen LogP contribution in [0.3, 0.4) is 0 Å². The molecule has 0 aromatic heterocycles. The molecule has 0 aliphatic carbocycles. The summed E-state index contributed by atoms with van der Waals surface area (Å²) in [5.74, 6) is -0.707. The molecule has 2 aromatic carbocycles. The minimum absolute atomic E-state index is 0.297. The van der Waals surface area contributed by atoms with Crippen LogP contribution in [-0.4, -0.2) is 32.1 Å². The van der Waals surface area contributed by atoms with Gasteiger partial charge >= 0.3 is 12.0 Å². The van der Waals surface area contributed by atoms with Crippen LogP contribution in [0.1, 0.15) is 15.9 Å². The second kappa shape index (κ2) is 9.03. The predicted octanol–water partition coefficient (Wildman–Crippen LogP) is 2.88. The normalized spacial score (nSPS) is 10.2. The van der Waals surface area contributed by atoms with Gasteiger partial charge in [-0.15, -0.1) is 0 Å². The molecule has 0 bridgehead atoms. The van der Waals surface area contributed by atoms with Crippen molar-refractivity contribution < 1.29 is 19.1 Å². The molecule has 0 radical (unpaired) electrons. The zero-order valence-electron chi connectivity index (χ0n) is 14.4. The third-order valence-corrected chi connectivity index (χ3v) is 3.40. The maximum atomic E-state index is 12.0. The summed E-state index contributed by atoms with van der Waals surface area (Å²) in [7, 11) is 2.85. The lowest BCUT2D eigenvalue weighted by Gasteiger charge is -2.06. The summed E-state index contributed by atoms with van der Waals surface area (Å²) in [6.07, 6.45) is 3.03. The highest BCUT2D eigenvalue weighted by atomic mass is 16.5. The molecule has 26 heavy (non-hydrogen) atoms. The first-order valence-corrected chi connectivity index (χ1v) is 7.78. The van der Waals surface area contributed by atoms with Gasteiger partial charge in [-0.3, -0.25) is 4.79 Å². The number of hydrogen-bond donors (Lipinski definition) is 3. The molecule has 0 heterocycles. The Kier molecular flexibility index (Phi) is 6.50. The van der Waals surface area contributed by atoms with Gasteiger partial charge in [-0.1, -0.05) is 12.1 Å². The van der Waals surface area contributed by atoms with E-state index in [2.05, 4.69) is 20.7 Å². The average molecular weight is 353 g/mol. The standard InChI is InChI=1S/C19H19N3O4/c1-20-19(25)22-16-10-8-15(9-11-16)21-17(23)12-5-13-3-6-14(7-4-13)18(24)26-2/h3-12H,1-2H3,(H,21,23)(H2,20,22,25)/b12-5+. The van der Waals surface area contributed by atoms with E-state index in [-0.39, 0.29) is 11.9 Å². The van der Waals surface area contributed by atoms with Crippen molar-refractivity contribution in [2.45, 2.75) is 0 Å². The van der Waals surface area contributed by atoms with Gasteiger partial charge in [0.25, 0.3) is 0 Å². The van der Waals surface area contributed by atoms with E-state index in [9.17, 15) is 14.4 Å². The molecule has 3 N–H and O–H groups in total. The van der Waals surface area contributed by atoms with Crippen LogP contribution < -0.4 is 16.0 Å². The number of methoxy groups -OCH3 is 1. The summed E-state index contributed by atoms with van der Waals surface area (Å²) in [4.78, 5) is 34.5. The number of esters is 1. The minimum atomic E-state index is -0.410. The molecule has 0 atom stereocenters. The van der Waals surface area contributed by atoms with E-state index in [1.54, 1.807) is 54.6 Å². The number of carbonyl (C=O) groups is 3.